The van der Waals surface area contributed by atoms with Crippen molar-refractivity contribution in [3.05, 3.63) is 0 Å². The van der Waals surface area contributed by atoms with Crippen molar-refractivity contribution in [1.82, 2.24) is 0 Å². The van der Waals surface area contributed by atoms with Gasteiger partial charge in [-0.05, 0) is 0 Å². The molecular formula is CH3F6OPS. The maximum absolute atomic E-state index is 10.7. The zero-order valence-corrected chi connectivity index (χ0v) is 6.10. The van der Waals surface area contributed by atoms with Gasteiger partial charge >= 0.3 is 38.6 Å². The van der Waals surface area contributed by atoms with Gasteiger partial charge in [0.1, 0.15) is 0 Å². The molecule has 0 saturated heterocycles. The van der Waals surface area contributed by atoms with Crippen molar-refractivity contribution in [3.63, 3.8) is 0 Å². The first-order valence-electron chi connectivity index (χ1n) is 1.54. The summed E-state index contributed by atoms with van der Waals surface area (Å²) in [6.45, 7) is 0. The molecule has 0 N–H and O–H groups in total. The third kappa shape index (κ3) is 441000. The Labute approximate surface area is 57.0 Å². The molecule has 0 aliphatic heterocycles. The van der Waals surface area contributed by atoms with E-state index >= 15 is 0 Å². The molecule has 0 bridgehead atoms. The molecule has 0 atom stereocenters. The van der Waals surface area contributed by atoms with Crippen molar-refractivity contribution in [2.45, 2.75) is 0 Å². The number of rotatable bonds is 0. The number of halogens is 6. The molecule has 0 aromatic heterocycles. The van der Waals surface area contributed by atoms with Crippen LogP contribution in [0, 0.1) is 0 Å². The molecule has 0 unspecified atom stereocenters. The van der Waals surface area contributed by atoms with Crippen molar-refractivity contribution in [2.75, 3.05) is 0 Å². The Balaban J connectivity index is 0. The Morgan fingerprint density at radius 2 is 1.00 bits per heavy atom. The maximum atomic E-state index is 9.87. The van der Waals surface area contributed by atoms with Crippen LogP contribution >= 0.6 is 7.81 Å². The van der Waals surface area contributed by atoms with E-state index in [-0.39, 0.29) is 0 Å². The van der Waals surface area contributed by atoms with Gasteiger partial charge in [-0.2, -0.15) is 0 Å². The van der Waals surface area contributed by atoms with Gasteiger partial charge in [0, 0.05) is 12.6 Å². The van der Waals surface area contributed by atoms with Crippen LogP contribution in [0.3, 0.4) is 0 Å². The normalized spacial score (nSPS) is 17.5. The molecule has 66 valence electrons. The molecule has 0 aromatic rings. The standard InChI is InChI=1S/CH2OS.F6P/c2-1-3;1-7(2,3,4,5)6/h1H,(H,2,3);/q;-1/p+1. The van der Waals surface area contributed by atoms with Crippen molar-refractivity contribution in [1.29, 1.82) is 0 Å². The molecule has 10 heavy (non-hydrogen) atoms. The summed E-state index contributed by atoms with van der Waals surface area (Å²) in [4.78, 5) is 8.72. The molecule has 1 nitrogen and oxygen atoms in total. The molecule has 0 spiro atoms. The molecule has 0 aliphatic rings. The van der Waals surface area contributed by atoms with E-state index in [1.54, 1.807) is 0 Å². The van der Waals surface area contributed by atoms with Crippen LogP contribution in [0.1, 0.15) is 0 Å². The molecular weight excluding hydrogens is 205 g/mol. The van der Waals surface area contributed by atoms with Crippen molar-refractivity contribution >= 4 is 26.1 Å². The summed E-state index contributed by atoms with van der Waals surface area (Å²) in [6, 6.07) is 0. The van der Waals surface area contributed by atoms with Gasteiger partial charge in [0.05, 0.1) is 0 Å². The number of carbonyl (C=O) groups excluding carboxylic acids is 1. The molecule has 0 saturated carbocycles. The van der Waals surface area contributed by atoms with Gasteiger partial charge in [-0.1, -0.05) is 0 Å². The van der Waals surface area contributed by atoms with Gasteiger partial charge < -0.3 is 0 Å². The Morgan fingerprint density at radius 1 is 1.00 bits per heavy atom. The fourth-order valence-electron chi connectivity index (χ4n) is 0. The fourth-order valence-corrected chi connectivity index (χ4v) is 0. The molecule has 0 heterocycles. The summed E-state index contributed by atoms with van der Waals surface area (Å²) in [5.41, 5.74) is 0.556. The van der Waals surface area contributed by atoms with Crippen LogP contribution in [-0.4, -0.2) is 5.62 Å². The first-order valence-corrected chi connectivity index (χ1v) is 4.14. The minimum Gasteiger partial charge on any atom is -0.242 e. The summed E-state index contributed by atoms with van der Waals surface area (Å²) in [5, 5.41) is 0. The minimum atomic E-state index is -10.7. The van der Waals surface area contributed by atoms with E-state index in [2.05, 4.69) is 12.6 Å². The molecule has 0 radical (unpaired) electrons. The van der Waals surface area contributed by atoms with Crippen LogP contribution in [0.15, 0.2) is 0 Å². The van der Waals surface area contributed by atoms with Crippen LogP contribution < -0.4 is 0 Å². The smallest absolute Gasteiger partial charge is 0.242 e. The molecule has 0 fully saturated rings. The zero-order valence-electron chi connectivity index (χ0n) is 4.20. The molecule has 0 rings (SSSR count). The van der Waals surface area contributed by atoms with Crippen molar-refractivity contribution < 1.29 is 30.0 Å². The summed E-state index contributed by atoms with van der Waals surface area (Å²) in [5.74, 6) is 0. The van der Waals surface area contributed by atoms with Gasteiger partial charge in [0.25, 0.3) is 0 Å². The summed E-state index contributed by atoms with van der Waals surface area (Å²) >= 11 is 2.50. The van der Waals surface area contributed by atoms with E-state index in [4.69, 9.17) is 4.79 Å². The quantitative estimate of drug-likeness (QED) is 0.259. The first kappa shape index (κ1) is 12.7. The minimum absolute atomic E-state index is 0.556. The van der Waals surface area contributed by atoms with Gasteiger partial charge in [-0.25, -0.2) is 4.79 Å². The van der Waals surface area contributed by atoms with Crippen LogP contribution in [0.2, 0.25) is 0 Å². The molecule has 9 heteroatoms. The van der Waals surface area contributed by atoms with Crippen molar-refractivity contribution in [2.24, 2.45) is 0 Å². The summed E-state index contributed by atoms with van der Waals surface area (Å²) < 4.78 is 59.2. The largest absolute Gasteiger partial charge is 0.315 e. The molecule has 0 aliphatic carbocycles. The van der Waals surface area contributed by atoms with E-state index in [0.29, 0.717) is 5.62 Å². The van der Waals surface area contributed by atoms with E-state index in [0.717, 1.165) is 0 Å². The number of hydrogen-bond acceptors (Lipinski definition) is 1. The monoisotopic (exact) mass is 208 g/mol. The van der Waals surface area contributed by atoms with E-state index < -0.39 is 7.81 Å². The third-order valence-corrected chi connectivity index (χ3v) is 0. The van der Waals surface area contributed by atoms with Crippen molar-refractivity contribution in [3.8, 4) is 0 Å². The zero-order chi connectivity index (χ0) is 9.12. The summed E-state index contributed by atoms with van der Waals surface area (Å²) in [6.07, 6.45) is 0. The van der Waals surface area contributed by atoms with E-state index in [1.807, 2.05) is 0 Å². The second-order valence-electron chi connectivity index (χ2n) is 1.08. The van der Waals surface area contributed by atoms with Gasteiger partial charge in [-0.3, -0.25) is 0 Å². The average molecular weight is 208 g/mol. The second kappa shape index (κ2) is 2.27. The van der Waals surface area contributed by atoms with Crippen LogP contribution in [0.25, 0.3) is 0 Å². The third-order valence-electron chi connectivity index (χ3n) is 0. The predicted molar refractivity (Wildman–Crippen MR) is 30.5 cm³/mol. The van der Waals surface area contributed by atoms with E-state index in [9.17, 15) is 25.2 Å². The second-order valence-corrected chi connectivity index (χ2v) is 3.23. The number of carbonyl (C=O) groups is 1. The number of hydrogen-bond donors (Lipinski definition) is 0. The van der Waals surface area contributed by atoms with Gasteiger partial charge in [0.2, 0.25) is 0 Å². The molecule has 0 amide bonds. The Hall–Kier alpha value is 0.0300. The predicted octanol–water partition coefficient (Wildman–Crippen LogP) is 2.57. The van der Waals surface area contributed by atoms with Gasteiger partial charge in [-0.15, -0.1) is 0 Å². The topological polar surface area (TPSA) is 17.1 Å². The Bertz CT molecular complexity index is 107. The Morgan fingerprint density at radius 3 is 1.00 bits per heavy atom. The van der Waals surface area contributed by atoms with Crippen LogP contribution in [-0.2, 0) is 17.4 Å². The fraction of sp³-hybridized carbons (Fsp3) is 0. The SMILES string of the molecule is F[P-](F)(F)(F)(F)F.O=C[SH2+]. The molecule has 0 aromatic carbocycles. The first-order chi connectivity index (χ1) is 3.86. The summed E-state index contributed by atoms with van der Waals surface area (Å²) in [7, 11) is -10.7. The van der Waals surface area contributed by atoms with Gasteiger partial charge in [0.15, 0.2) is 0 Å². The average Bonchev–Trinajstić information content (AvgIpc) is 1.20. The van der Waals surface area contributed by atoms with Crippen LogP contribution in [0.4, 0.5) is 25.2 Å². The van der Waals surface area contributed by atoms with E-state index in [1.165, 1.54) is 0 Å². The maximum Gasteiger partial charge on any atom is 0.315 e. The Kier molecular flexibility index (Phi) is 2.87. The van der Waals surface area contributed by atoms with Crippen LogP contribution in [0.5, 0.6) is 0 Å².